The van der Waals surface area contributed by atoms with Crippen LogP contribution < -0.4 is 5.43 Å². The Bertz CT molecular complexity index is 1410. The molecule has 7 nitrogen and oxygen atoms in total. The molecule has 1 amide bonds. The fraction of sp³-hybridized carbons (Fsp3) is 0.214. The number of ether oxygens (including phenoxy) is 1. The monoisotopic (exact) mass is 471 g/mol. The van der Waals surface area contributed by atoms with E-state index in [1.54, 1.807) is 4.90 Å². The summed E-state index contributed by atoms with van der Waals surface area (Å²) in [6.07, 6.45) is 0.0523. The number of aromatic hydroxyl groups is 2. The molecule has 2 N–H and O–H groups in total. The zero-order valence-corrected chi connectivity index (χ0v) is 19.0. The third kappa shape index (κ3) is 4.50. The topological polar surface area (TPSA) is 100 Å². The number of rotatable bonds is 5. The van der Waals surface area contributed by atoms with Gasteiger partial charge >= 0.3 is 0 Å². The number of morpholine rings is 1. The van der Waals surface area contributed by atoms with Crippen molar-refractivity contribution in [3.8, 4) is 22.8 Å². The number of nitrogens with zero attached hydrogens (tertiary/aromatic N) is 1. The maximum absolute atomic E-state index is 13.3. The number of hydrogen-bond donors (Lipinski definition) is 2. The smallest absolute Gasteiger partial charge is 0.223 e. The Morgan fingerprint density at radius 3 is 2.26 bits per heavy atom. The highest BCUT2D eigenvalue weighted by molar-refractivity contribution is 5.91. The summed E-state index contributed by atoms with van der Waals surface area (Å²) in [6, 6.07) is 20.9. The predicted octanol–water partition coefficient (Wildman–Crippen LogP) is 4.25. The first-order valence-electron chi connectivity index (χ1n) is 11.5. The molecule has 1 aromatic heterocycles. The molecular weight excluding hydrogens is 446 g/mol. The van der Waals surface area contributed by atoms with Crippen molar-refractivity contribution in [2.45, 2.75) is 12.3 Å². The second-order valence-corrected chi connectivity index (χ2v) is 8.53. The molecule has 0 spiro atoms. The minimum Gasteiger partial charge on any atom is -0.507 e. The van der Waals surface area contributed by atoms with Gasteiger partial charge in [0.15, 0.2) is 5.43 Å². The van der Waals surface area contributed by atoms with E-state index in [0.29, 0.717) is 43.2 Å². The number of benzene rings is 3. The Labute approximate surface area is 201 Å². The van der Waals surface area contributed by atoms with E-state index in [-0.39, 0.29) is 34.8 Å². The normalized spacial score (nSPS) is 14.7. The zero-order chi connectivity index (χ0) is 24.4. The van der Waals surface area contributed by atoms with Gasteiger partial charge in [-0.3, -0.25) is 9.59 Å². The van der Waals surface area contributed by atoms with Crippen molar-refractivity contribution in [1.82, 2.24) is 4.90 Å². The van der Waals surface area contributed by atoms with Gasteiger partial charge in [-0.2, -0.15) is 0 Å². The zero-order valence-electron chi connectivity index (χ0n) is 19.0. The lowest BCUT2D eigenvalue weighted by Crippen LogP contribution is -2.41. The van der Waals surface area contributed by atoms with E-state index in [1.165, 1.54) is 6.07 Å². The van der Waals surface area contributed by atoms with E-state index in [0.717, 1.165) is 11.6 Å². The molecule has 0 unspecified atom stereocenters. The van der Waals surface area contributed by atoms with Gasteiger partial charge < -0.3 is 24.3 Å². The molecule has 35 heavy (non-hydrogen) atoms. The SMILES string of the molecule is O=C(C[C@H](c1ccccc1)c1c(O)cc(O)c2c(=O)cc(-c3ccccc3)oc12)N1CCOCC1. The second kappa shape index (κ2) is 9.64. The number of hydrogen-bond acceptors (Lipinski definition) is 6. The van der Waals surface area contributed by atoms with Gasteiger partial charge in [-0.15, -0.1) is 0 Å². The lowest BCUT2D eigenvalue weighted by Gasteiger charge is -2.29. The highest BCUT2D eigenvalue weighted by Crippen LogP contribution is 2.43. The molecule has 0 saturated carbocycles. The fourth-order valence-electron chi connectivity index (χ4n) is 4.59. The summed E-state index contributed by atoms with van der Waals surface area (Å²) in [5.41, 5.74) is 1.39. The molecule has 1 saturated heterocycles. The molecule has 1 aliphatic rings. The van der Waals surface area contributed by atoms with Crippen molar-refractivity contribution < 1.29 is 24.2 Å². The van der Waals surface area contributed by atoms with Gasteiger partial charge in [0.2, 0.25) is 5.91 Å². The van der Waals surface area contributed by atoms with Crippen LogP contribution in [0.15, 0.2) is 82.0 Å². The van der Waals surface area contributed by atoms with Gasteiger partial charge in [-0.25, -0.2) is 0 Å². The molecule has 4 aromatic rings. The molecule has 178 valence electrons. The van der Waals surface area contributed by atoms with Crippen LogP contribution >= 0.6 is 0 Å². The highest BCUT2D eigenvalue weighted by atomic mass is 16.5. The summed E-state index contributed by atoms with van der Waals surface area (Å²) in [5.74, 6) is -1.01. The summed E-state index contributed by atoms with van der Waals surface area (Å²) >= 11 is 0. The summed E-state index contributed by atoms with van der Waals surface area (Å²) in [4.78, 5) is 28.1. The Morgan fingerprint density at radius 1 is 0.914 bits per heavy atom. The molecule has 1 atom stereocenters. The lowest BCUT2D eigenvalue weighted by molar-refractivity contribution is -0.135. The minimum absolute atomic E-state index is 0.0303. The number of carbonyl (C=O) groups excluding carboxylic acids is 1. The highest BCUT2D eigenvalue weighted by Gasteiger charge is 2.29. The molecule has 0 radical (unpaired) electrons. The molecule has 2 heterocycles. The third-order valence-electron chi connectivity index (χ3n) is 6.35. The van der Waals surface area contributed by atoms with Crippen molar-refractivity contribution in [2.75, 3.05) is 26.3 Å². The predicted molar refractivity (Wildman–Crippen MR) is 132 cm³/mol. The Morgan fingerprint density at radius 2 is 1.57 bits per heavy atom. The molecule has 3 aromatic carbocycles. The summed E-state index contributed by atoms with van der Waals surface area (Å²) in [6.45, 7) is 1.95. The van der Waals surface area contributed by atoms with Crippen molar-refractivity contribution in [2.24, 2.45) is 0 Å². The van der Waals surface area contributed by atoms with E-state index in [2.05, 4.69) is 0 Å². The van der Waals surface area contributed by atoms with E-state index in [4.69, 9.17) is 9.15 Å². The van der Waals surface area contributed by atoms with Gasteiger partial charge in [0, 0.05) is 48.7 Å². The molecular formula is C28H25NO6. The maximum Gasteiger partial charge on any atom is 0.223 e. The summed E-state index contributed by atoms with van der Waals surface area (Å²) < 4.78 is 11.6. The van der Waals surface area contributed by atoms with Gasteiger partial charge in [0.05, 0.1) is 13.2 Å². The van der Waals surface area contributed by atoms with Gasteiger partial charge in [-0.05, 0) is 5.56 Å². The van der Waals surface area contributed by atoms with E-state index in [9.17, 15) is 19.8 Å². The van der Waals surface area contributed by atoms with Crippen LogP contribution in [0, 0.1) is 0 Å². The van der Waals surface area contributed by atoms with Crippen molar-refractivity contribution >= 4 is 16.9 Å². The van der Waals surface area contributed by atoms with Crippen LogP contribution in [0.5, 0.6) is 11.5 Å². The molecule has 0 bridgehead atoms. The van der Waals surface area contributed by atoms with Crippen LogP contribution in [0.25, 0.3) is 22.3 Å². The van der Waals surface area contributed by atoms with Gasteiger partial charge in [0.1, 0.15) is 28.2 Å². The van der Waals surface area contributed by atoms with Gasteiger partial charge in [-0.1, -0.05) is 60.7 Å². The van der Waals surface area contributed by atoms with E-state index >= 15 is 0 Å². The van der Waals surface area contributed by atoms with Crippen molar-refractivity contribution in [3.63, 3.8) is 0 Å². The number of fused-ring (bicyclic) bond motifs is 1. The minimum atomic E-state index is -0.608. The Hall–Kier alpha value is -4.10. The van der Waals surface area contributed by atoms with E-state index in [1.807, 2.05) is 60.7 Å². The molecule has 7 heteroatoms. The quantitative estimate of drug-likeness (QED) is 0.451. The Kier molecular flexibility index (Phi) is 6.25. The molecule has 0 aliphatic carbocycles. The van der Waals surface area contributed by atoms with Crippen LogP contribution in [-0.4, -0.2) is 47.3 Å². The van der Waals surface area contributed by atoms with Crippen LogP contribution in [0.3, 0.4) is 0 Å². The molecule has 1 aliphatic heterocycles. The van der Waals surface area contributed by atoms with E-state index < -0.39 is 11.3 Å². The summed E-state index contributed by atoms with van der Waals surface area (Å²) in [7, 11) is 0. The standard InChI is InChI=1S/C28H25NO6/c30-21-16-22(31)27-23(32)17-24(19-9-5-2-6-10-19)35-28(27)26(21)20(18-7-3-1-4-8-18)15-25(33)29-11-13-34-14-12-29/h1-10,16-17,20,30-31H,11-15H2/t20-/m1/s1. The molecule has 1 fully saturated rings. The van der Waals surface area contributed by atoms with Crippen LogP contribution in [0.1, 0.15) is 23.5 Å². The fourth-order valence-corrected chi connectivity index (χ4v) is 4.59. The maximum atomic E-state index is 13.3. The second-order valence-electron chi connectivity index (χ2n) is 8.53. The van der Waals surface area contributed by atoms with Crippen LogP contribution in [-0.2, 0) is 9.53 Å². The largest absolute Gasteiger partial charge is 0.507 e. The first-order chi connectivity index (χ1) is 17.0. The molecule has 5 rings (SSSR count). The van der Waals surface area contributed by atoms with Gasteiger partial charge in [0.25, 0.3) is 0 Å². The lowest BCUT2D eigenvalue weighted by atomic mass is 9.86. The van der Waals surface area contributed by atoms with Crippen molar-refractivity contribution in [3.05, 3.63) is 94.1 Å². The number of carbonyl (C=O) groups is 1. The first-order valence-corrected chi connectivity index (χ1v) is 11.5. The third-order valence-corrected chi connectivity index (χ3v) is 6.35. The van der Waals surface area contributed by atoms with Crippen molar-refractivity contribution in [1.29, 1.82) is 0 Å². The Balaban J connectivity index is 1.71. The number of amides is 1. The number of phenols is 2. The average molecular weight is 472 g/mol. The van der Waals surface area contributed by atoms with Crippen LogP contribution in [0.4, 0.5) is 0 Å². The number of phenolic OH excluding ortho intramolecular Hbond substituents is 2. The van der Waals surface area contributed by atoms with Crippen LogP contribution in [0.2, 0.25) is 0 Å². The average Bonchev–Trinajstić information content (AvgIpc) is 2.89. The summed E-state index contributed by atoms with van der Waals surface area (Å²) in [5, 5.41) is 21.5. The first kappa shape index (κ1) is 22.7.